The maximum Gasteiger partial charge on any atom is 0.0798 e. The molecule has 1 aromatic carbocycles. The Morgan fingerprint density at radius 2 is 2.12 bits per heavy atom. The summed E-state index contributed by atoms with van der Waals surface area (Å²) in [7, 11) is 0. The van der Waals surface area contributed by atoms with Gasteiger partial charge in [0, 0.05) is 14.1 Å². The summed E-state index contributed by atoms with van der Waals surface area (Å²) < 4.78 is 1.24. The molecule has 0 aliphatic rings. The SMILES string of the molecule is Cc1ncsc1C(C)Nc1ccccc1I. The molecular weight excluding hydrogens is 331 g/mol. The highest BCUT2D eigenvalue weighted by Crippen LogP contribution is 2.27. The molecule has 0 amide bonds. The fraction of sp³-hybridized carbons (Fsp3) is 0.250. The molecule has 4 heteroatoms. The first-order valence-electron chi connectivity index (χ1n) is 5.09. The number of halogens is 1. The van der Waals surface area contributed by atoms with Gasteiger partial charge < -0.3 is 5.32 Å². The van der Waals surface area contributed by atoms with E-state index in [1.54, 1.807) is 11.3 Å². The minimum absolute atomic E-state index is 0.309. The Morgan fingerprint density at radius 1 is 1.38 bits per heavy atom. The molecule has 84 valence electrons. The zero-order chi connectivity index (χ0) is 11.5. The third kappa shape index (κ3) is 2.55. The molecule has 0 bridgehead atoms. The van der Waals surface area contributed by atoms with Crippen molar-refractivity contribution < 1.29 is 0 Å². The molecule has 2 nitrogen and oxygen atoms in total. The Kier molecular flexibility index (Phi) is 3.81. The lowest BCUT2D eigenvalue weighted by Gasteiger charge is -2.15. The minimum Gasteiger partial charge on any atom is -0.377 e. The molecule has 0 saturated heterocycles. The van der Waals surface area contributed by atoms with E-state index in [0.717, 1.165) is 5.69 Å². The normalized spacial score (nSPS) is 12.4. The second-order valence-corrected chi connectivity index (χ2v) is 5.70. The van der Waals surface area contributed by atoms with E-state index in [0.29, 0.717) is 6.04 Å². The Balaban J connectivity index is 2.17. The molecule has 1 unspecified atom stereocenters. The largest absolute Gasteiger partial charge is 0.377 e. The molecule has 1 aromatic heterocycles. The van der Waals surface area contributed by atoms with Crippen molar-refractivity contribution in [2.24, 2.45) is 0 Å². The number of aryl methyl sites for hydroxylation is 1. The number of anilines is 1. The van der Waals surface area contributed by atoms with Crippen LogP contribution in [-0.4, -0.2) is 4.98 Å². The fourth-order valence-electron chi connectivity index (χ4n) is 1.60. The average Bonchev–Trinajstić information content (AvgIpc) is 2.68. The quantitative estimate of drug-likeness (QED) is 0.843. The van der Waals surface area contributed by atoms with Gasteiger partial charge in [0.1, 0.15) is 0 Å². The van der Waals surface area contributed by atoms with Gasteiger partial charge in [0.25, 0.3) is 0 Å². The molecule has 2 aromatic rings. The lowest BCUT2D eigenvalue weighted by atomic mass is 10.2. The molecule has 16 heavy (non-hydrogen) atoms. The summed E-state index contributed by atoms with van der Waals surface area (Å²) in [5.41, 5.74) is 4.21. The minimum atomic E-state index is 0.309. The number of hydrogen-bond acceptors (Lipinski definition) is 3. The van der Waals surface area contributed by atoms with E-state index < -0.39 is 0 Å². The molecule has 0 aliphatic carbocycles. The number of rotatable bonds is 3. The first kappa shape index (κ1) is 11.9. The number of hydrogen-bond donors (Lipinski definition) is 1. The first-order valence-corrected chi connectivity index (χ1v) is 7.05. The van der Waals surface area contributed by atoms with E-state index >= 15 is 0 Å². The number of nitrogens with one attached hydrogen (secondary N) is 1. The Bertz CT molecular complexity index is 481. The van der Waals surface area contributed by atoms with Crippen LogP contribution in [0.5, 0.6) is 0 Å². The summed E-state index contributed by atoms with van der Waals surface area (Å²) in [6, 6.07) is 8.62. The van der Waals surface area contributed by atoms with Crippen LogP contribution in [0.4, 0.5) is 5.69 Å². The number of benzene rings is 1. The Labute approximate surface area is 113 Å². The summed E-state index contributed by atoms with van der Waals surface area (Å²) >= 11 is 4.05. The fourth-order valence-corrected chi connectivity index (χ4v) is 2.96. The number of para-hydroxylation sites is 1. The van der Waals surface area contributed by atoms with Gasteiger partial charge in [-0.3, -0.25) is 0 Å². The number of nitrogens with zero attached hydrogens (tertiary/aromatic N) is 1. The van der Waals surface area contributed by atoms with Crippen LogP contribution in [0.25, 0.3) is 0 Å². The van der Waals surface area contributed by atoms with Gasteiger partial charge in [-0.2, -0.15) is 0 Å². The monoisotopic (exact) mass is 344 g/mol. The van der Waals surface area contributed by atoms with E-state index in [1.807, 2.05) is 5.51 Å². The highest BCUT2D eigenvalue weighted by molar-refractivity contribution is 14.1. The maximum absolute atomic E-state index is 4.28. The Hall–Kier alpha value is -0.620. The van der Waals surface area contributed by atoms with Crippen molar-refractivity contribution in [2.75, 3.05) is 5.32 Å². The average molecular weight is 344 g/mol. The number of aromatic nitrogens is 1. The van der Waals surface area contributed by atoms with Crippen molar-refractivity contribution >= 4 is 39.6 Å². The van der Waals surface area contributed by atoms with Crippen LogP contribution in [0.2, 0.25) is 0 Å². The predicted octanol–water partition coefficient (Wildman–Crippen LogP) is 4.23. The topological polar surface area (TPSA) is 24.9 Å². The van der Waals surface area contributed by atoms with E-state index in [1.165, 1.54) is 14.1 Å². The molecule has 1 N–H and O–H groups in total. The van der Waals surface area contributed by atoms with Crippen molar-refractivity contribution in [2.45, 2.75) is 19.9 Å². The van der Waals surface area contributed by atoms with Crippen molar-refractivity contribution in [1.29, 1.82) is 0 Å². The van der Waals surface area contributed by atoms with Crippen molar-refractivity contribution in [1.82, 2.24) is 4.98 Å². The highest BCUT2D eigenvalue weighted by atomic mass is 127. The summed E-state index contributed by atoms with van der Waals surface area (Å²) in [6.45, 7) is 4.23. The van der Waals surface area contributed by atoms with E-state index in [9.17, 15) is 0 Å². The highest BCUT2D eigenvalue weighted by Gasteiger charge is 2.11. The number of thiazole rings is 1. The van der Waals surface area contributed by atoms with Gasteiger partial charge in [0.15, 0.2) is 0 Å². The van der Waals surface area contributed by atoms with Gasteiger partial charge in [-0.25, -0.2) is 4.98 Å². The van der Waals surface area contributed by atoms with Gasteiger partial charge in [-0.1, -0.05) is 12.1 Å². The summed E-state index contributed by atoms with van der Waals surface area (Å²) in [6.07, 6.45) is 0. The second kappa shape index (κ2) is 5.14. The molecule has 0 fully saturated rings. The van der Waals surface area contributed by atoms with Crippen LogP contribution in [0.15, 0.2) is 29.8 Å². The molecule has 2 rings (SSSR count). The van der Waals surface area contributed by atoms with Gasteiger partial charge in [0.2, 0.25) is 0 Å². The molecule has 1 heterocycles. The summed E-state index contributed by atoms with van der Waals surface area (Å²) in [5.74, 6) is 0. The van der Waals surface area contributed by atoms with Gasteiger partial charge in [-0.05, 0) is 48.6 Å². The molecule has 0 spiro atoms. The van der Waals surface area contributed by atoms with Crippen LogP contribution >= 0.6 is 33.9 Å². The second-order valence-electron chi connectivity index (χ2n) is 3.65. The maximum atomic E-state index is 4.28. The standard InChI is InChI=1S/C12H13IN2S/c1-8-12(16-7-14-8)9(2)15-11-6-4-3-5-10(11)13/h3-7,9,15H,1-2H3. The van der Waals surface area contributed by atoms with Gasteiger partial charge >= 0.3 is 0 Å². The summed E-state index contributed by atoms with van der Waals surface area (Å²) in [4.78, 5) is 5.58. The van der Waals surface area contributed by atoms with Crippen LogP contribution in [-0.2, 0) is 0 Å². The third-order valence-electron chi connectivity index (χ3n) is 2.42. The lowest BCUT2D eigenvalue weighted by molar-refractivity contribution is 0.889. The smallest absolute Gasteiger partial charge is 0.0798 e. The molecular formula is C12H13IN2S. The van der Waals surface area contributed by atoms with Crippen LogP contribution in [0.3, 0.4) is 0 Å². The molecule has 0 saturated carbocycles. The van der Waals surface area contributed by atoms with Crippen molar-refractivity contribution in [3.8, 4) is 0 Å². The summed E-state index contributed by atoms with van der Waals surface area (Å²) in [5, 5.41) is 3.52. The molecule has 0 radical (unpaired) electrons. The van der Waals surface area contributed by atoms with E-state index in [2.05, 4.69) is 71.0 Å². The first-order chi connectivity index (χ1) is 7.68. The van der Waals surface area contributed by atoms with Gasteiger partial charge in [-0.15, -0.1) is 11.3 Å². The van der Waals surface area contributed by atoms with Crippen LogP contribution in [0, 0.1) is 10.5 Å². The zero-order valence-electron chi connectivity index (χ0n) is 9.20. The van der Waals surface area contributed by atoms with Crippen molar-refractivity contribution in [3.05, 3.63) is 43.9 Å². The van der Waals surface area contributed by atoms with Crippen molar-refractivity contribution in [3.63, 3.8) is 0 Å². The van der Waals surface area contributed by atoms with Crippen LogP contribution < -0.4 is 5.32 Å². The predicted molar refractivity (Wildman–Crippen MR) is 78.0 cm³/mol. The zero-order valence-corrected chi connectivity index (χ0v) is 12.2. The van der Waals surface area contributed by atoms with E-state index in [4.69, 9.17) is 0 Å². The molecule has 0 aliphatic heterocycles. The van der Waals surface area contributed by atoms with Crippen LogP contribution in [0.1, 0.15) is 23.5 Å². The third-order valence-corrected chi connectivity index (χ3v) is 4.48. The van der Waals surface area contributed by atoms with Gasteiger partial charge in [0.05, 0.1) is 17.2 Å². The van der Waals surface area contributed by atoms with E-state index in [-0.39, 0.29) is 0 Å². The molecule has 1 atom stereocenters. The lowest BCUT2D eigenvalue weighted by Crippen LogP contribution is -2.07. The Morgan fingerprint density at radius 3 is 2.75 bits per heavy atom.